The fourth-order valence-electron chi connectivity index (χ4n) is 4.37. The van der Waals surface area contributed by atoms with E-state index in [0.29, 0.717) is 16.7 Å². The fraction of sp³-hybridized carbons (Fsp3) is 0.0270. The van der Waals surface area contributed by atoms with Crippen LogP contribution >= 0.6 is 0 Å². The minimum Gasteiger partial charge on any atom is -0.406 e. The third-order valence-corrected chi connectivity index (χ3v) is 6.40. The maximum absolute atomic E-state index is 12.0. The summed E-state index contributed by atoms with van der Waals surface area (Å²) in [4.78, 5) is 10.9. The van der Waals surface area contributed by atoms with Gasteiger partial charge < -0.3 is 4.74 Å². The molecule has 3 nitrogen and oxygen atoms in total. The van der Waals surface area contributed by atoms with E-state index < -0.39 is 6.36 Å². The van der Waals surface area contributed by atoms with Crippen LogP contribution in [0.5, 0.6) is 5.75 Å². The molecule has 0 bridgehead atoms. The molecule has 0 aliphatic carbocycles. The van der Waals surface area contributed by atoms with Gasteiger partial charge in [0.05, 0.1) is 11.6 Å². The largest absolute Gasteiger partial charge is 0.573 e. The van der Waals surface area contributed by atoms with E-state index in [0.717, 1.165) is 28.5 Å². The van der Waals surface area contributed by atoms with Crippen LogP contribution in [0.25, 0.3) is 40.5 Å². The zero-order valence-corrected chi connectivity index (χ0v) is 23.0. The zero-order chi connectivity index (χ0) is 30.7. The van der Waals surface area contributed by atoms with Crippen molar-refractivity contribution in [2.75, 3.05) is 0 Å². The van der Waals surface area contributed by atoms with Crippen LogP contribution < -0.4 is 4.74 Å². The lowest BCUT2D eigenvalue weighted by Gasteiger charge is -2.14. The summed E-state index contributed by atoms with van der Waals surface area (Å²) in [6.45, 7) is 3.93. The van der Waals surface area contributed by atoms with E-state index in [1.165, 1.54) is 35.4 Å². The Kier molecular flexibility index (Phi) is 10.1. The second-order valence-corrected chi connectivity index (χ2v) is 9.23. The second-order valence-electron chi connectivity index (χ2n) is 9.23. The number of nitrogens with zero attached hydrogens (tertiary/aromatic N) is 1. The van der Waals surface area contributed by atoms with E-state index >= 15 is 0 Å². The first-order chi connectivity index (χ1) is 20.8. The predicted molar refractivity (Wildman–Crippen MR) is 166 cm³/mol. The molecule has 0 unspecified atom stereocenters. The Morgan fingerprint density at radius 2 is 1.30 bits per heavy atom. The summed E-state index contributed by atoms with van der Waals surface area (Å²) in [5.41, 5.74) is 8.32. The van der Waals surface area contributed by atoms with E-state index in [1.807, 2.05) is 54.6 Å². The van der Waals surface area contributed by atoms with Gasteiger partial charge in [-0.3, -0.25) is 4.79 Å². The van der Waals surface area contributed by atoms with E-state index in [9.17, 15) is 18.0 Å². The van der Waals surface area contributed by atoms with Gasteiger partial charge in [-0.2, -0.15) is 5.26 Å². The van der Waals surface area contributed by atoms with Gasteiger partial charge in [0.2, 0.25) is 0 Å². The van der Waals surface area contributed by atoms with Gasteiger partial charge >= 0.3 is 6.36 Å². The van der Waals surface area contributed by atoms with Crippen LogP contribution in [0.3, 0.4) is 0 Å². The van der Waals surface area contributed by atoms with E-state index in [4.69, 9.17) is 5.26 Å². The molecular weight excluding hydrogens is 547 g/mol. The van der Waals surface area contributed by atoms with Gasteiger partial charge in [0.1, 0.15) is 5.75 Å². The minimum atomic E-state index is -4.69. The molecule has 5 rings (SSSR count). The molecule has 0 aromatic heterocycles. The molecule has 0 saturated carbocycles. The lowest BCUT2D eigenvalue weighted by atomic mass is 9.90. The zero-order valence-electron chi connectivity index (χ0n) is 23.0. The molecule has 6 heteroatoms. The minimum absolute atomic E-state index is 0.270. The summed E-state index contributed by atoms with van der Waals surface area (Å²) >= 11 is 0. The normalized spacial score (nSPS) is 10.7. The fourth-order valence-corrected chi connectivity index (χ4v) is 4.37. The Labute approximate surface area is 248 Å². The maximum atomic E-state index is 12.0. The molecule has 0 atom stereocenters. The maximum Gasteiger partial charge on any atom is 0.573 e. The van der Waals surface area contributed by atoms with Crippen molar-refractivity contribution in [2.45, 2.75) is 6.36 Å². The molecule has 0 fully saturated rings. The molecule has 0 spiro atoms. The average Bonchev–Trinajstić information content (AvgIpc) is 3.04. The van der Waals surface area contributed by atoms with Crippen molar-refractivity contribution in [3.05, 3.63) is 156 Å². The summed E-state index contributed by atoms with van der Waals surface area (Å²) in [7, 11) is 0. The van der Waals surface area contributed by atoms with Crippen molar-refractivity contribution in [1.29, 1.82) is 5.26 Å². The summed E-state index contributed by atoms with van der Waals surface area (Å²) in [5.74, 6) is -0.270. The Hall–Kier alpha value is -5.67. The van der Waals surface area contributed by atoms with Crippen molar-refractivity contribution in [3.8, 4) is 34.1 Å². The smallest absolute Gasteiger partial charge is 0.406 e. The van der Waals surface area contributed by atoms with Gasteiger partial charge in [0.25, 0.3) is 0 Å². The number of halogens is 3. The third-order valence-electron chi connectivity index (χ3n) is 6.40. The predicted octanol–water partition coefficient (Wildman–Crippen LogP) is 10.1. The van der Waals surface area contributed by atoms with Crippen LogP contribution in [0.1, 0.15) is 32.6 Å². The summed E-state index contributed by atoms with van der Waals surface area (Å²) in [5, 5.41) is 8.97. The first-order valence-corrected chi connectivity index (χ1v) is 13.2. The molecule has 5 aromatic carbocycles. The molecule has 0 radical (unpaired) electrons. The Morgan fingerprint density at radius 3 is 1.91 bits per heavy atom. The van der Waals surface area contributed by atoms with Crippen LogP contribution in [-0.4, -0.2) is 12.6 Å². The highest BCUT2D eigenvalue weighted by atomic mass is 19.4. The Bertz CT molecular complexity index is 1750. The standard InChI is InChI=1S/C21H15N.C16H11F3O2/c1-2-17-9-6-10-20(18-7-4-3-5-8-18)21(17)19-13-11-16(15-22)12-14-19;17-16(18,19)21-15-9-6-12(7-10-15)5-8-13-3-1-2-4-14(13)11-20/h2-14H,1H2;1-11H/b;8-5+. The van der Waals surface area contributed by atoms with Crippen molar-refractivity contribution in [3.63, 3.8) is 0 Å². The van der Waals surface area contributed by atoms with E-state index in [1.54, 1.807) is 36.4 Å². The highest BCUT2D eigenvalue weighted by Gasteiger charge is 2.30. The van der Waals surface area contributed by atoms with Gasteiger partial charge in [-0.05, 0) is 63.2 Å². The number of alkyl halides is 3. The lowest BCUT2D eigenvalue weighted by molar-refractivity contribution is -0.274. The molecule has 0 N–H and O–H groups in total. The van der Waals surface area contributed by atoms with Gasteiger partial charge in [-0.1, -0.05) is 122 Å². The number of hydrogen-bond acceptors (Lipinski definition) is 3. The number of carbonyl (C=O) groups is 1. The number of hydrogen-bond donors (Lipinski definition) is 0. The molecule has 0 heterocycles. The molecule has 5 aromatic rings. The SMILES string of the molecule is C=Cc1cccc(-c2ccccc2)c1-c1ccc(C#N)cc1.O=Cc1ccccc1/C=C/c1ccc(OC(F)(F)F)cc1. The summed E-state index contributed by atoms with van der Waals surface area (Å²) < 4.78 is 39.9. The number of nitriles is 1. The van der Waals surface area contributed by atoms with Gasteiger partial charge in [-0.15, -0.1) is 13.2 Å². The van der Waals surface area contributed by atoms with E-state index in [-0.39, 0.29) is 5.75 Å². The van der Waals surface area contributed by atoms with Gasteiger partial charge in [0.15, 0.2) is 6.29 Å². The number of ether oxygens (including phenoxy) is 1. The molecule has 0 aliphatic rings. The number of carbonyl (C=O) groups excluding carboxylic acids is 1. The highest BCUT2D eigenvalue weighted by molar-refractivity contribution is 5.89. The van der Waals surface area contributed by atoms with Crippen molar-refractivity contribution >= 4 is 24.5 Å². The average molecular weight is 574 g/mol. The van der Waals surface area contributed by atoms with Crippen LogP contribution in [0.2, 0.25) is 0 Å². The molecule has 43 heavy (non-hydrogen) atoms. The van der Waals surface area contributed by atoms with Crippen molar-refractivity contribution in [1.82, 2.24) is 0 Å². The van der Waals surface area contributed by atoms with E-state index in [2.05, 4.69) is 41.7 Å². The molecule has 0 aliphatic heterocycles. The Balaban J connectivity index is 0.000000197. The highest BCUT2D eigenvalue weighted by Crippen LogP contribution is 2.35. The Morgan fingerprint density at radius 1 is 0.674 bits per heavy atom. The molecule has 0 amide bonds. The molecular formula is C37H26F3NO2. The van der Waals surface area contributed by atoms with Gasteiger partial charge in [-0.25, -0.2) is 0 Å². The quantitative estimate of drug-likeness (QED) is 0.144. The van der Waals surface area contributed by atoms with Crippen LogP contribution in [0.15, 0.2) is 128 Å². The third kappa shape index (κ3) is 8.42. The number of aldehydes is 1. The molecule has 212 valence electrons. The van der Waals surface area contributed by atoms with Gasteiger partial charge in [0, 0.05) is 5.56 Å². The topological polar surface area (TPSA) is 50.1 Å². The lowest BCUT2D eigenvalue weighted by Crippen LogP contribution is -2.16. The first-order valence-electron chi connectivity index (χ1n) is 13.2. The second kappa shape index (κ2) is 14.3. The van der Waals surface area contributed by atoms with Crippen LogP contribution in [0, 0.1) is 11.3 Å². The monoisotopic (exact) mass is 573 g/mol. The summed E-state index contributed by atoms with van der Waals surface area (Å²) in [6, 6.07) is 38.9. The van der Waals surface area contributed by atoms with Crippen molar-refractivity contribution < 1.29 is 22.7 Å². The number of benzene rings is 5. The van der Waals surface area contributed by atoms with Crippen LogP contribution in [0.4, 0.5) is 13.2 Å². The number of rotatable bonds is 7. The summed E-state index contributed by atoms with van der Waals surface area (Å²) in [6.07, 6.45) is 1.36. The molecule has 0 saturated heterocycles. The van der Waals surface area contributed by atoms with Crippen LogP contribution in [-0.2, 0) is 0 Å². The first kappa shape index (κ1) is 30.3. The van der Waals surface area contributed by atoms with Crippen molar-refractivity contribution in [2.24, 2.45) is 0 Å².